The fourth-order valence-corrected chi connectivity index (χ4v) is 5.58. The quantitative estimate of drug-likeness (QED) is 0.858. The molecule has 1 aliphatic heterocycles. The first-order valence-electron chi connectivity index (χ1n) is 7.41. The normalized spacial score (nSPS) is 20.6. The summed E-state index contributed by atoms with van der Waals surface area (Å²) >= 11 is 3.33. The van der Waals surface area contributed by atoms with Gasteiger partial charge in [0, 0.05) is 17.1 Å². The van der Waals surface area contributed by atoms with Crippen LogP contribution in [0.3, 0.4) is 0 Å². The summed E-state index contributed by atoms with van der Waals surface area (Å²) in [6, 6.07) is 5.08. The number of aliphatic hydroxyl groups excluding tert-OH is 1. The minimum absolute atomic E-state index is 0.0958. The lowest BCUT2D eigenvalue weighted by molar-refractivity contribution is 0.239. The van der Waals surface area contributed by atoms with Gasteiger partial charge in [-0.15, -0.1) is 0 Å². The first kappa shape index (κ1) is 16.9. The third-order valence-electron chi connectivity index (χ3n) is 3.96. The predicted molar refractivity (Wildman–Crippen MR) is 86.5 cm³/mol. The Bertz CT molecular complexity index is 587. The lowest BCUT2D eigenvalue weighted by Crippen LogP contribution is -2.43. The van der Waals surface area contributed by atoms with Gasteiger partial charge >= 0.3 is 0 Å². The van der Waals surface area contributed by atoms with Gasteiger partial charge in [-0.05, 0) is 52.9 Å². The Morgan fingerprint density at radius 2 is 2.14 bits per heavy atom. The summed E-state index contributed by atoms with van der Waals surface area (Å²) < 4.78 is 28.2. The van der Waals surface area contributed by atoms with E-state index in [-0.39, 0.29) is 17.5 Å². The van der Waals surface area contributed by atoms with Crippen molar-refractivity contribution in [1.29, 1.82) is 0 Å². The monoisotopic (exact) mass is 375 g/mol. The SMILES string of the molecule is CCCC1CCCCN1S(=O)(=O)c1cc(CO)ccc1Br. The highest BCUT2D eigenvalue weighted by molar-refractivity contribution is 9.10. The van der Waals surface area contributed by atoms with Crippen LogP contribution in [-0.2, 0) is 16.6 Å². The van der Waals surface area contributed by atoms with Crippen LogP contribution in [0.25, 0.3) is 0 Å². The molecule has 0 saturated carbocycles. The van der Waals surface area contributed by atoms with Crippen molar-refractivity contribution in [3.63, 3.8) is 0 Å². The van der Waals surface area contributed by atoms with Crippen LogP contribution in [0.15, 0.2) is 27.6 Å². The van der Waals surface area contributed by atoms with Crippen molar-refractivity contribution in [2.45, 2.75) is 56.6 Å². The number of sulfonamides is 1. The van der Waals surface area contributed by atoms with E-state index in [0.717, 1.165) is 32.1 Å². The van der Waals surface area contributed by atoms with E-state index in [4.69, 9.17) is 0 Å². The highest BCUT2D eigenvalue weighted by Gasteiger charge is 2.34. The third-order valence-corrected chi connectivity index (χ3v) is 6.91. The van der Waals surface area contributed by atoms with Gasteiger partial charge in [-0.3, -0.25) is 0 Å². The van der Waals surface area contributed by atoms with Crippen LogP contribution in [0.1, 0.15) is 44.6 Å². The number of halogens is 1. The molecular formula is C15H22BrNO3S. The van der Waals surface area contributed by atoms with E-state index in [9.17, 15) is 13.5 Å². The molecule has 0 aromatic heterocycles. The third kappa shape index (κ3) is 3.67. The number of hydrogen-bond donors (Lipinski definition) is 1. The molecule has 0 radical (unpaired) electrons. The van der Waals surface area contributed by atoms with Crippen LogP contribution in [0.2, 0.25) is 0 Å². The molecule has 1 aliphatic rings. The molecule has 0 aliphatic carbocycles. The molecule has 1 N–H and O–H groups in total. The standard InChI is InChI=1S/C15H22BrNO3S/c1-2-5-13-6-3-4-9-17(13)21(19,20)15-10-12(11-18)7-8-14(15)16/h7-8,10,13,18H,2-6,9,11H2,1H3. The minimum Gasteiger partial charge on any atom is -0.392 e. The Labute approximate surface area is 135 Å². The molecule has 2 rings (SSSR count). The molecule has 0 bridgehead atoms. The van der Waals surface area contributed by atoms with Crippen LogP contribution >= 0.6 is 15.9 Å². The maximum absolute atomic E-state index is 13.0. The van der Waals surface area contributed by atoms with Crippen molar-refractivity contribution < 1.29 is 13.5 Å². The largest absolute Gasteiger partial charge is 0.392 e. The van der Waals surface area contributed by atoms with Gasteiger partial charge < -0.3 is 5.11 Å². The van der Waals surface area contributed by atoms with Crippen molar-refractivity contribution in [3.8, 4) is 0 Å². The number of aliphatic hydroxyl groups is 1. The van der Waals surface area contributed by atoms with Gasteiger partial charge in [-0.2, -0.15) is 4.31 Å². The van der Waals surface area contributed by atoms with E-state index in [1.54, 1.807) is 22.5 Å². The van der Waals surface area contributed by atoms with Crippen LogP contribution in [0.5, 0.6) is 0 Å². The molecule has 118 valence electrons. The second-order valence-electron chi connectivity index (χ2n) is 5.48. The summed E-state index contributed by atoms with van der Waals surface area (Å²) in [5.41, 5.74) is 0.612. The lowest BCUT2D eigenvalue weighted by atomic mass is 10.0. The smallest absolute Gasteiger partial charge is 0.244 e. The van der Waals surface area contributed by atoms with Gasteiger partial charge in [0.25, 0.3) is 0 Å². The topological polar surface area (TPSA) is 57.6 Å². The molecule has 1 atom stereocenters. The number of hydrogen-bond acceptors (Lipinski definition) is 3. The highest BCUT2D eigenvalue weighted by atomic mass is 79.9. The molecule has 1 aromatic carbocycles. The molecule has 4 nitrogen and oxygen atoms in total. The Hall–Kier alpha value is -0.430. The van der Waals surface area contributed by atoms with Crippen molar-refractivity contribution in [2.75, 3.05) is 6.54 Å². The molecule has 1 fully saturated rings. The second-order valence-corrected chi connectivity index (χ2v) is 8.19. The van der Waals surface area contributed by atoms with Gasteiger partial charge in [0.1, 0.15) is 0 Å². The second kappa shape index (κ2) is 7.22. The first-order valence-corrected chi connectivity index (χ1v) is 9.65. The van der Waals surface area contributed by atoms with Crippen molar-refractivity contribution in [2.24, 2.45) is 0 Å². The predicted octanol–water partition coefficient (Wildman–Crippen LogP) is 3.28. The summed E-state index contributed by atoms with van der Waals surface area (Å²) in [5, 5.41) is 9.24. The van der Waals surface area contributed by atoms with Crippen LogP contribution in [-0.4, -0.2) is 30.4 Å². The zero-order valence-electron chi connectivity index (χ0n) is 12.3. The van der Waals surface area contributed by atoms with Gasteiger partial charge in [-0.1, -0.05) is 25.8 Å². The zero-order chi connectivity index (χ0) is 15.5. The van der Waals surface area contributed by atoms with Crippen LogP contribution < -0.4 is 0 Å². The summed E-state index contributed by atoms with van der Waals surface area (Å²) in [7, 11) is -3.52. The van der Waals surface area contributed by atoms with Crippen molar-refractivity contribution in [1.82, 2.24) is 4.31 Å². The minimum atomic E-state index is -3.52. The average Bonchev–Trinajstić information content (AvgIpc) is 2.48. The van der Waals surface area contributed by atoms with E-state index >= 15 is 0 Å². The van der Waals surface area contributed by atoms with Crippen molar-refractivity contribution in [3.05, 3.63) is 28.2 Å². The molecule has 1 saturated heterocycles. The molecule has 1 unspecified atom stereocenters. The summed E-state index contributed by atoms with van der Waals surface area (Å²) in [6.45, 7) is 2.51. The fourth-order valence-electron chi connectivity index (χ4n) is 2.88. The van der Waals surface area contributed by atoms with Crippen molar-refractivity contribution >= 4 is 26.0 Å². The van der Waals surface area contributed by atoms with E-state index < -0.39 is 10.0 Å². The summed E-state index contributed by atoms with van der Waals surface area (Å²) in [4.78, 5) is 0.261. The van der Waals surface area contributed by atoms with E-state index in [2.05, 4.69) is 22.9 Å². The number of rotatable bonds is 5. The van der Waals surface area contributed by atoms with Crippen LogP contribution in [0.4, 0.5) is 0 Å². The Balaban J connectivity index is 2.40. The molecule has 0 spiro atoms. The fraction of sp³-hybridized carbons (Fsp3) is 0.600. The Morgan fingerprint density at radius 1 is 1.38 bits per heavy atom. The van der Waals surface area contributed by atoms with Gasteiger partial charge in [0.05, 0.1) is 11.5 Å². The van der Waals surface area contributed by atoms with E-state index in [0.29, 0.717) is 16.6 Å². The molecule has 21 heavy (non-hydrogen) atoms. The van der Waals surface area contributed by atoms with Gasteiger partial charge in [0.15, 0.2) is 0 Å². The summed E-state index contributed by atoms with van der Waals surface area (Å²) in [5.74, 6) is 0. The lowest BCUT2D eigenvalue weighted by Gasteiger charge is -2.35. The van der Waals surface area contributed by atoms with Crippen LogP contribution in [0, 0.1) is 0 Å². The van der Waals surface area contributed by atoms with Gasteiger partial charge in [-0.25, -0.2) is 8.42 Å². The Morgan fingerprint density at radius 3 is 2.81 bits per heavy atom. The maximum atomic E-state index is 13.0. The van der Waals surface area contributed by atoms with Gasteiger partial charge in [0.2, 0.25) is 10.0 Å². The zero-order valence-corrected chi connectivity index (χ0v) is 14.7. The first-order chi connectivity index (χ1) is 10.0. The van der Waals surface area contributed by atoms with E-state index in [1.165, 1.54) is 0 Å². The highest BCUT2D eigenvalue weighted by Crippen LogP contribution is 2.31. The maximum Gasteiger partial charge on any atom is 0.244 e. The molecular weight excluding hydrogens is 354 g/mol. The number of benzene rings is 1. The molecule has 6 heteroatoms. The number of piperidine rings is 1. The molecule has 1 aromatic rings. The Kier molecular flexibility index (Phi) is 5.82. The molecule has 0 amide bonds. The summed E-state index contributed by atoms with van der Waals surface area (Å²) in [6.07, 6.45) is 4.82. The van der Waals surface area contributed by atoms with E-state index in [1.807, 2.05) is 0 Å². The average molecular weight is 376 g/mol. The molecule has 1 heterocycles. The number of nitrogens with zero attached hydrogens (tertiary/aromatic N) is 1.